The quantitative estimate of drug-likeness (QED) is 0.219. The number of nitrogens with one attached hydrogen (secondary N) is 2. The highest BCUT2D eigenvalue weighted by atomic mass is 16.8. The van der Waals surface area contributed by atoms with Gasteiger partial charge in [0.2, 0.25) is 0 Å². The molecule has 2 aromatic rings. The van der Waals surface area contributed by atoms with Gasteiger partial charge in [-0.15, -0.1) is 0 Å². The number of esters is 2. The summed E-state index contributed by atoms with van der Waals surface area (Å²) in [7, 11) is 0. The maximum absolute atomic E-state index is 13.2. The predicted molar refractivity (Wildman–Crippen MR) is 156 cm³/mol. The average Bonchev–Trinajstić information content (AvgIpc) is 3.27. The molecule has 11 heteroatoms. The van der Waals surface area contributed by atoms with Crippen molar-refractivity contribution >= 4 is 23.3 Å². The molecule has 9 atom stereocenters. The lowest BCUT2D eigenvalue weighted by molar-refractivity contribution is -0.991. The smallest absolute Gasteiger partial charge is 0.338 e. The Hall–Kier alpha value is -3.16. The second kappa shape index (κ2) is 11.3. The van der Waals surface area contributed by atoms with E-state index in [1.54, 1.807) is 0 Å². The van der Waals surface area contributed by atoms with Crippen LogP contribution in [0.5, 0.6) is 0 Å². The number of carbonyl (C=O) groups is 2. The zero-order chi connectivity index (χ0) is 31.4. The third-order valence-corrected chi connectivity index (χ3v) is 11.2. The van der Waals surface area contributed by atoms with Crippen molar-refractivity contribution in [3.05, 3.63) is 81.7 Å². The van der Waals surface area contributed by atoms with Gasteiger partial charge in [0.15, 0.2) is 11.4 Å². The van der Waals surface area contributed by atoms with E-state index in [2.05, 4.69) is 19.9 Å². The van der Waals surface area contributed by atoms with Gasteiger partial charge in [-0.25, -0.2) is 20.0 Å². The summed E-state index contributed by atoms with van der Waals surface area (Å²) in [4.78, 5) is 26.0. The van der Waals surface area contributed by atoms with Crippen molar-refractivity contribution in [2.75, 3.05) is 6.61 Å². The molecule has 2 saturated carbocycles. The van der Waals surface area contributed by atoms with Crippen LogP contribution >= 0.6 is 0 Å². The second-order valence-electron chi connectivity index (χ2n) is 13.5. The van der Waals surface area contributed by atoms with Crippen molar-refractivity contribution in [3.63, 3.8) is 0 Å². The summed E-state index contributed by atoms with van der Waals surface area (Å²) in [6.07, 6.45) is 6.96. The molecular weight excluding hydrogens is 568 g/mol. The fraction of sp³-hybridized carbons (Fsp3) is 0.515. The van der Waals surface area contributed by atoms with Gasteiger partial charge in [-0.05, 0) is 80.5 Å². The Balaban J connectivity index is 1.13. The van der Waals surface area contributed by atoms with Crippen LogP contribution in [0.25, 0.3) is 0 Å². The molecule has 3 fully saturated rings. The van der Waals surface area contributed by atoms with Crippen molar-refractivity contribution in [1.82, 2.24) is 0 Å². The van der Waals surface area contributed by atoms with E-state index < -0.39 is 28.0 Å². The van der Waals surface area contributed by atoms with Gasteiger partial charge in [0.05, 0.1) is 23.8 Å². The SMILES string of the molecule is C[C@]12CC[C@H](OC(=O)c3ccc([NH+]([O-])O)cc3)CC1=CC[C@@H]1[C@@H]2CC[C@@]2(C)[C@H]1OC[C@@]2(C)OC(=O)c1ccc([NH+]([O-])O)cc1. The molecule has 0 aromatic heterocycles. The number of benzene rings is 2. The van der Waals surface area contributed by atoms with E-state index in [1.807, 2.05) is 6.92 Å². The Kier molecular flexibility index (Phi) is 7.94. The van der Waals surface area contributed by atoms with Gasteiger partial charge in [0.1, 0.15) is 11.7 Å². The number of allylic oxidation sites excluding steroid dienone is 1. The van der Waals surface area contributed by atoms with Crippen molar-refractivity contribution < 1.29 is 44.7 Å². The summed E-state index contributed by atoms with van der Waals surface area (Å²) in [5.41, 5.74) is 0.958. The zero-order valence-corrected chi connectivity index (χ0v) is 25.2. The van der Waals surface area contributed by atoms with E-state index in [0.29, 0.717) is 30.1 Å². The Morgan fingerprint density at radius 1 is 0.886 bits per heavy atom. The second-order valence-corrected chi connectivity index (χ2v) is 13.5. The van der Waals surface area contributed by atoms with Gasteiger partial charge in [0, 0.05) is 36.1 Å². The largest absolute Gasteiger partial charge is 0.595 e. The fourth-order valence-corrected chi connectivity index (χ4v) is 8.31. The number of rotatable bonds is 6. The molecule has 236 valence electrons. The van der Waals surface area contributed by atoms with Crippen LogP contribution in [0, 0.1) is 33.1 Å². The van der Waals surface area contributed by atoms with Gasteiger partial charge in [0.25, 0.3) is 0 Å². The van der Waals surface area contributed by atoms with Gasteiger partial charge in [-0.2, -0.15) is 10.5 Å². The lowest BCUT2D eigenvalue weighted by Gasteiger charge is -2.57. The Morgan fingerprint density at radius 2 is 1.48 bits per heavy atom. The number of quaternary nitrogens is 2. The minimum absolute atomic E-state index is 0.0405. The Morgan fingerprint density at radius 3 is 2.07 bits per heavy atom. The maximum Gasteiger partial charge on any atom is 0.338 e. The molecule has 0 amide bonds. The van der Waals surface area contributed by atoms with Gasteiger partial charge < -0.3 is 24.6 Å². The standard InChI is InChI=1S/C33H40N2O9/c1-31-16-14-25(43-29(36)20-4-9-23(10-5-20)34(38)39)18-22(31)8-13-26-27(31)15-17-32(2)28(26)42-19-33(32,3)44-30(37)21-6-11-24(12-7-21)35(40)41/h4-12,25-28,34-35,38,40H,13-19H2,1-3H3/t25-,26+,27-,28-,31-,32-,33+/m0/s1. The van der Waals surface area contributed by atoms with Gasteiger partial charge in [-0.1, -0.05) is 25.5 Å². The highest BCUT2D eigenvalue weighted by Crippen LogP contribution is 2.64. The number of hydrogen-bond acceptors (Lipinski definition) is 9. The number of hydrogen-bond donors (Lipinski definition) is 4. The summed E-state index contributed by atoms with van der Waals surface area (Å²) >= 11 is 0. The van der Waals surface area contributed by atoms with Crippen LogP contribution < -0.4 is 10.5 Å². The minimum atomic E-state index is -1.05. The average molecular weight is 609 g/mol. The minimum Gasteiger partial charge on any atom is -0.595 e. The zero-order valence-electron chi connectivity index (χ0n) is 25.2. The first-order chi connectivity index (χ1) is 20.8. The van der Waals surface area contributed by atoms with Crippen LogP contribution in [0.3, 0.4) is 0 Å². The van der Waals surface area contributed by atoms with E-state index in [9.17, 15) is 25.2 Å². The maximum atomic E-state index is 13.2. The first-order valence-corrected chi connectivity index (χ1v) is 15.3. The summed E-state index contributed by atoms with van der Waals surface area (Å²) < 4.78 is 18.6. The molecule has 1 aliphatic heterocycles. The highest BCUT2D eigenvalue weighted by molar-refractivity contribution is 5.90. The van der Waals surface area contributed by atoms with Gasteiger partial charge in [-0.3, -0.25) is 0 Å². The highest BCUT2D eigenvalue weighted by Gasteiger charge is 2.65. The first-order valence-electron chi connectivity index (χ1n) is 15.3. The summed E-state index contributed by atoms with van der Waals surface area (Å²) in [6.45, 7) is 6.76. The molecule has 0 radical (unpaired) electrons. The summed E-state index contributed by atoms with van der Waals surface area (Å²) in [6, 6.07) is 11.6. The van der Waals surface area contributed by atoms with Crippen LogP contribution in [0.2, 0.25) is 0 Å². The van der Waals surface area contributed by atoms with E-state index in [0.717, 1.165) is 32.1 Å². The molecule has 1 saturated heterocycles. The Bertz CT molecular complexity index is 1440. The van der Waals surface area contributed by atoms with Gasteiger partial charge >= 0.3 is 11.9 Å². The van der Waals surface area contributed by atoms with E-state index in [4.69, 9.17) is 19.4 Å². The molecule has 2 aromatic carbocycles. The van der Waals surface area contributed by atoms with Crippen molar-refractivity contribution in [2.45, 2.75) is 77.1 Å². The molecular formula is C33H40N2O9. The predicted octanol–water partition coefficient (Wildman–Crippen LogP) is 3.59. The topological polar surface area (TPSA) is 157 Å². The van der Waals surface area contributed by atoms with Crippen LogP contribution in [-0.4, -0.2) is 46.8 Å². The molecule has 44 heavy (non-hydrogen) atoms. The molecule has 0 spiro atoms. The van der Waals surface area contributed by atoms with Crippen molar-refractivity contribution in [2.24, 2.45) is 22.7 Å². The van der Waals surface area contributed by atoms with E-state index in [-0.39, 0.29) is 40.3 Å². The molecule has 6 rings (SSSR count). The molecule has 11 nitrogen and oxygen atoms in total. The first kappa shape index (κ1) is 30.8. The van der Waals surface area contributed by atoms with Crippen LogP contribution in [0.4, 0.5) is 11.4 Å². The van der Waals surface area contributed by atoms with Crippen LogP contribution in [0.15, 0.2) is 60.2 Å². The van der Waals surface area contributed by atoms with E-state index in [1.165, 1.54) is 54.1 Å². The third-order valence-electron chi connectivity index (χ3n) is 11.2. The Labute approximate surface area is 256 Å². The molecule has 1 heterocycles. The monoisotopic (exact) mass is 608 g/mol. The normalized spacial score (nSPS) is 35.8. The van der Waals surface area contributed by atoms with Crippen molar-refractivity contribution in [1.29, 1.82) is 0 Å². The third kappa shape index (κ3) is 5.16. The van der Waals surface area contributed by atoms with Crippen LogP contribution in [-0.2, 0) is 14.2 Å². The molecule has 0 bridgehead atoms. The number of carbonyl (C=O) groups excluding carboxylic acids is 2. The summed E-state index contributed by atoms with van der Waals surface area (Å²) in [5, 5.41) is 38.5. The molecule has 4 N–H and O–H groups in total. The number of ether oxygens (including phenoxy) is 3. The number of fused-ring (bicyclic) bond motifs is 5. The van der Waals surface area contributed by atoms with E-state index >= 15 is 0 Å². The molecule has 4 aliphatic rings. The van der Waals surface area contributed by atoms with Crippen molar-refractivity contribution in [3.8, 4) is 0 Å². The fourth-order valence-electron chi connectivity index (χ4n) is 8.31. The lowest BCUT2D eigenvalue weighted by Crippen LogP contribution is -2.99. The molecule has 3 aliphatic carbocycles. The van der Waals surface area contributed by atoms with Crippen LogP contribution in [0.1, 0.15) is 80.0 Å². The summed E-state index contributed by atoms with van der Waals surface area (Å²) in [5.74, 6) is -0.267. The molecule has 2 unspecified atom stereocenters. The lowest BCUT2D eigenvalue weighted by atomic mass is 9.48.